The Morgan fingerprint density at radius 3 is 2.35 bits per heavy atom. The Labute approximate surface area is 215 Å². The summed E-state index contributed by atoms with van der Waals surface area (Å²) in [6.07, 6.45) is 0. The normalized spacial score (nSPS) is 14.5. The molecule has 0 amide bonds. The van der Waals surface area contributed by atoms with E-state index in [2.05, 4.69) is 22.2 Å². The Hall–Kier alpha value is -4.01. The monoisotopic (exact) mass is 501 g/mol. The quantitative estimate of drug-likeness (QED) is 0.340. The van der Waals surface area contributed by atoms with Crippen molar-refractivity contribution in [3.05, 3.63) is 77.2 Å². The summed E-state index contributed by atoms with van der Waals surface area (Å²) in [5.74, 6) is 1.51. The molecule has 1 aromatic heterocycles. The number of anilines is 2. The molecular weight excluding hydrogens is 470 g/mol. The van der Waals surface area contributed by atoms with Gasteiger partial charge in [0.05, 0.1) is 18.4 Å². The topological polar surface area (TPSA) is 87.4 Å². The zero-order valence-electron chi connectivity index (χ0n) is 21.1. The van der Waals surface area contributed by atoms with E-state index in [1.165, 1.54) is 6.07 Å². The molecule has 1 saturated heterocycles. The van der Waals surface area contributed by atoms with Gasteiger partial charge in [0.1, 0.15) is 29.4 Å². The number of phenols is 1. The summed E-state index contributed by atoms with van der Waals surface area (Å²) in [6.45, 7) is 5.84. The number of fused-ring (bicyclic) bond motifs is 1. The van der Waals surface area contributed by atoms with Crippen molar-refractivity contribution < 1.29 is 19.0 Å². The van der Waals surface area contributed by atoms with Crippen LogP contribution < -0.4 is 20.4 Å². The fourth-order valence-corrected chi connectivity index (χ4v) is 4.48. The predicted octanol–water partition coefficient (Wildman–Crippen LogP) is 4.54. The largest absolute Gasteiger partial charge is 0.508 e. The van der Waals surface area contributed by atoms with E-state index >= 15 is 0 Å². The van der Waals surface area contributed by atoms with E-state index in [1.807, 2.05) is 36.4 Å². The summed E-state index contributed by atoms with van der Waals surface area (Å²) >= 11 is 0. The molecule has 0 bridgehead atoms. The first-order valence-electron chi connectivity index (χ1n) is 12.4. The molecule has 0 atom stereocenters. The van der Waals surface area contributed by atoms with Gasteiger partial charge in [0.25, 0.3) is 0 Å². The molecule has 2 heterocycles. The summed E-state index contributed by atoms with van der Waals surface area (Å²) in [6, 6.07) is 19.7. The number of piperazine rings is 1. The summed E-state index contributed by atoms with van der Waals surface area (Å²) < 4.78 is 16.8. The van der Waals surface area contributed by atoms with Gasteiger partial charge in [0, 0.05) is 49.9 Å². The number of aromatic hydroxyl groups is 1. The Morgan fingerprint density at radius 1 is 0.946 bits per heavy atom. The molecule has 1 aliphatic rings. The lowest BCUT2D eigenvalue weighted by Gasteiger charge is -2.32. The van der Waals surface area contributed by atoms with Crippen molar-refractivity contribution in [3.63, 3.8) is 0 Å². The van der Waals surface area contributed by atoms with E-state index in [0.29, 0.717) is 40.1 Å². The second-order valence-corrected chi connectivity index (χ2v) is 9.19. The second kappa shape index (κ2) is 10.9. The molecule has 8 nitrogen and oxygen atoms in total. The first-order valence-corrected chi connectivity index (χ1v) is 12.4. The minimum absolute atomic E-state index is 0.0249. The molecule has 0 saturated carbocycles. The van der Waals surface area contributed by atoms with Crippen molar-refractivity contribution in [2.24, 2.45) is 0 Å². The molecule has 3 aromatic carbocycles. The number of ether oxygens (including phenoxy) is 2. The number of methoxy groups -OCH3 is 1. The molecule has 0 aliphatic carbocycles. The minimum atomic E-state index is -0.505. The van der Waals surface area contributed by atoms with Crippen LogP contribution >= 0.6 is 0 Å². The van der Waals surface area contributed by atoms with Crippen LogP contribution in [0.1, 0.15) is 0 Å². The van der Waals surface area contributed by atoms with Gasteiger partial charge in [-0.2, -0.15) is 0 Å². The zero-order chi connectivity index (χ0) is 25.8. The summed E-state index contributed by atoms with van der Waals surface area (Å²) in [4.78, 5) is 17.8. The van der Waals surface area contributed by atoms with Crippen molar-refractivity contribution in [2.75, 3.05) is 58.8 Å². The van der Waals surface area contributed by atoms with Crippen LogP contribution in [0, 0.1) is 0 Å². The van der Waals surface area contributed by atoms with Gasteiger partial charge < -0.3 is 29.2 Å². The van der Waals surface area contributed by atoms with Gasteiger partial charge in [-0.05, 0) is 61.1 Å². The SMILES string of the molecule is COc1ccc(-c2c(Nc3ccc(OCCN4CCN(C)CC4)cc3)c3ccc(O)cc3oc2=O)cc1. The van der Waals surface area contributed by atoms with E-state index in [-0.39, 0.29) is 5.75 Å². The van der Waals surface area contributed by atoms with Crippen molar-refractivity contribution in [1.82, 2.24) is 9.80 Å². The minimum Gasteiger partial charge on any atom is -0.508 e. The fraction of sp³-hybridized carbons (Fsp3) is 0.276. The van der Waals surface area contributed by atoms with E-state index < -0.39 is 5.63 Å². The Kier molecular flexibility index (Phi) is 7.30. The van der Waals surface area contributed by atoms with Crippen LogP contribution in [0.2, 0.25) is 0 Å². The molecule has 2 N–H and O–H groups in total. The molecular formula is C29H31N3O5. The van der Waals surface area contributed by atoms with Gasteiger partial charge in [0.15, 0.2) is 0 Å². The first-order chi connectivity index (χ1) is 18.0. The van der Waals surface area contributed by atoms with Crippen LogP contribution in [0.4, 0.5) is 11.4 Å². The Morgan fingerprint density at radius 2 is 1.65 bits per heavy atom. The van der Waals surface area contributed by atoms with Gasteiger partial charge in [-0.25, -0.2) is 4.79 Å². The number of benzene rings is 3. The highest BCUT2D eigenvalue weighted by Crippen LogP contribution is 2.36. The maximum Gasteiger partial charge on any atom is 0.346 e. The van der Waals surface area contributed by atoms with Crippen LogP contribution in [0.3, 0.4) is 0 Å². The van der Waals surface area contributed by atoms with Gasteiger partial charge in [-0.1, -0.05) is 12.1 Å². The highest BCUT2D eigenvalue weighted by atomic mass is 16.5. The standard InChI is InChI=1S/C29H31N3O5/c1-31-13-15-32(16-14-31)17-18-36-24-10-5-21(6-11-24)30-28-25-12-7-22(33)19-26(25)37-29(34)27(28)20-3-8-23(35-2)9-4-20/h3-12,19,30,33H,13-18H2,1-2H3. The second-order valence-electron chi connectivity index (χ2n) is 9.19. The van der Waals surface area contributed by atoms with Gasteiger partial charge >= 0.3 is 5.63 Å². The molecule has 1 fully saturated rings. The average molecular weight is 502 g/mol. The number of nitrogens with one attached hydrogen (secondary N) is 1. The van der Waals surface area contributed by atoms with E-state index in [1.54, 1.807) is 31.4 Å². The Balaban J connectivity index is 1.38. The number of nitrogens with zero attached hydrogens (tertiary/aromatic N) is 2. The van der Waals surface area contributed by atoms with Crippen LogP contribution in [0.25, 0.3) is 22.1 Å². The van der Waals surface area contributed by atoms with Crippen molar-refractivity contribution in [2.45, 2.75) is 0 Å². The smallest absolute Gasteiger partial charge is 0.346 e. The van der Waals surface area contributed by atoms with Crippen LogP contribution in [0.5, 0.6) is 17.2 Å². The third-order valence-corrected chi connectivity index (χ3v) is 6.67. The van der Waals surface area contributed by atoms with E-state index in [4.69, 9.17) is 13.9 Å². The fourth-order valence-electron chi connectivity index (χ4n) is 4.48. The molecule has 5 rings (SSSR count). The lowest BCUT2D eigenvalue weighted by atomic mass is 10.0. The molecule has 8 heteroatoms. The maximum absolute atomic E-state index is 13.1. The summed E-state index contributed by atoms with van der Waals surface area (Å²) in [5.41, 5.74) is 2.27. The summed E-state index contributed by atoms with van der Waals surface area (Å²) in [7, 11) is 3.75. The van der Waals surface area contributed by atoms with Crippen molar-refractivity contribution >= 4 is 22.3 Å². The molecule has 1 aliphatic heterocycles. The van der Waals surface area contributed by atoms with Crippen LogP contribution in [-0.4, -0.2) is 68.4 Å². The highest BCUT2D eigenvalue weighted by Gasteiger charge is 2.18. The zero-order valence-corrected chi connectivity index (χ0v) is 21.1. The molecule has 4 aromatic rings. The molecule has 0 unspecified atom stereocenters. The van der Waals surface area contributed by atoms with E-state index in [9.17, 15) is 9.90 Å². The Bertz CT molecular complexity index is 1410. The third-order valence-electron chi connectivity index (χ3n) is 6.67. The maximum atomic E-state index is 13.1. The van der Waals surface area contributed by atoms with Gasteiger partial charge in [0.2, 0.25) is 0 Å². The van der Waals surface area contributed by atoms with Crippen LogP contribution in [0.15, 0.2) is 75.9 Å². The van der Waals surface area contributed by atoms with Gasteiger partial charge in [-0.3, -0.25) is 4.90 Å². The van der Waals surface area contributed by atoms with E-state index in [0.717, 1.165) is 44.2 Å². The number of hydrogen-bond donors (Lipinski definition) is 2. The number of phenolic OH excluding ortho intramolecular Hbond substituents is 1. The molecule has 0 radical (unpaired) electrons. The number of hydrogen-bond acceptors (Lipinski definition) is 8. The molecule has 37 heavy (non-hydrogen) atoms. The van der Waals surface area contributed by atoms with Crippen LogP contribution in [-0.2, 0) is 0 Å². The molecule has 192 valence electrons. The lowest BCUT2D eigenvalue weighted by Crippen LogP contribution is -2.45. The average Bonchev–Trinajstić information content (AvgIpc) is 2.91. The van der Waals surface area contributed by atoms with Crippen molar-refractivity contribution in [1.29, 1.82) is 0 Å². The lowest BCUT2D eigenvalue weighted by molar-refractivity contribution is 0.134. The third kappa shape index (κ3) is 5.71. The number of rotatable bonds is 8. The highest BCUT2D eigenvalue weighted by molar-refractivity contribution is 6.00. The predicted molar refractivity (Wildman–Crippen MR) is 145 cm³/mol. The number of likely N-dealkylation sites (N-methyl/N-ethyl adjacent to an activating group) is 1. The summed E-state index contributed by atoms with van der Waals surface area (Å²) in [5, 5.41) is 14.0. The molecule has 0 spiro atoms. The van der Waals surface area contributed by atoms with Gasteiger partial charge in [-0.15, -0.1) is 0 Å². The first kappa shape index (κ1) is 24.7. The van der Waals surface area contributed by atoms with Crippen molar-refractivity contribution in [3.8, 4) is 28.4 Å².